The van der Waals surface area contributed by atoms with E-state index < -0.39 is 0 Å². The second-order valence-corrected chi connectivity index (χ2v) is 6.00. The second kappa shape index (κ2) is 6.67. The van der Waals surface area contributed by atoms with Crippen LogP contribution in [0.1, 0.15) is 38.2 Å². The van der Waals surface area contributed by atoms with Crippen molar-refractivity contribution in [1.82, 2.24) is 5.32 Å². The van der Waals surface area contributed by atoms with Crippen LogP contribution in [0.15, 0.2) is 22.7 Å². The van der Waals surface area contributed by atoms with Gasteiger partial charge in [-0.2, -0.15) is 0 Å². The number of aryl methyl sites for hydroxylation is 1. The molecule has 100 valence electrons. The Morgan fingerprint density at radius 2 is 2.22 bits per heavy atom. The first-order chi connectivity index (χ1) is 8.70. The highest BCUT2D eigenvalue weighted by Gasteiger charge is 2.29. The molecule has 1 saturated carbocycles. The van der Waals surface area contributed by atoms with Gasteiger partial charge in [-0.15, -0.1) is 0 Å². The van der Waals surface area contributed by atoms with E-state index in [0.717, 1.165) is 18.9 Å². The molecule has 0 saturated heterocycles. The van der Waals surface area contributed by atoms with Crippen molar-refractivity contribution in [2.75, 3.05) is 6.54 Å². The Balaban J connectivity index is 1.78. The number of nitrogens with one attached hydrogen (secondary N) is 1. The third-order valence-corrected chi connectivity index (χ3v) is 4.23. The fraction of sp³-hybridized carbons (Fsp3) is 0.600. The molecule has 0 radical (unpaired) electrons. The lowest BCUT2D eigenvalue weighted by atomic mass is 10.0. The van der Waals surface area contributed by atoms with Gasteiger partial charge in [-0.1, -0.05) is 13.0 Å². The van der Waals surface area contributed by atoms with Gasteiger partial charge in [0.2, 0.25) is 0 Å². The molecule has 2 rings (SSSR count). The highest BCUT2D eigenvalue weighted by molar-refractivity contribution is 9.10. The smallest absolute Gasteiger partial charge is 0.137 e. The van der Waals surface area contributed by atoms with Gasteiger partial charge in [0.25, 0.3) is 0 Å². The zero-order chi connectivity index (χ0) is 13.0. The van der Waals surface area contributed by atoms with Crippen molar-refractivity contribution >= 4 is 15.9 Å². The van der Waals surface area contributed by atoms with Crippen LogP contribution in [0, 0.1) is 11.7 Å². The van der Waals surface area contributed by atoms with Crippen LogP contribution < -0.4 is 5.32 Å². The van der Waals surface area contributed by atoms with E-state index in [9.17, 15) is 4.39 Å². The van der Waals surface area contributed by atoms with Gasteiger partial charge < -0.3 is 5.32 Å². The number of hydrogen-bond donors (Lipinski definition) is 1. The molecule has 1 aromatic carbocycles. The van der Waals surface area contributed by atoms with Crippen LogP contribution in [-0.4, -0.2) is 12.6 Å². The zero-order valence-corrected chi connectivity index (χ0v) is 12.5. The molecule has 1 nitrogen and oxygen atoms in total. The average Bonchev–Trinajstić information content (AvgIpc) is 3.17. The Morgan fingerprint density at radius 1 is 1.44 bits per heavy atom. The van der Waals surface area contributed by atoms with Gasteiger partial charge in [0.05, 0.1) is 4.47 Å². The Hall–Kier alpha value is -0.410. The van der Waals surface area contributed by atoms with Crippen LogP contribution in [0.2, 0.25) is 0 Å². The van der Waals surface area contributed by atoms with Crippen LogP contribution in [0.4, 0.5) is 4.39 Å². The Labute approximate surface area is 117 Å². The first kappa shape index (κ1) is 14.0. The molecular weight excluding hydrogens is 293 g/mol. The van der Waals surface area contributed by atoms with E-state index in [1.54, 1.807) is 6.07 Å². The quantitative estimate of drug-likeness (QED) is 0.791. The molecule has 1 aromatic rings. The van der Waals surface area contributed by atoms with Gasteiger partial charge >= 0.3 is 0 Å². The molecule has 3 heteroatoms. The van der Waals surface area contributed by atoms with E-state index >= 15 is 0 Å². The molecule has 1 fully saturated rings. The molecule has 0 bridgehead atoms. The minimum atomic E-state index is -0.178. The van der Waals surface area contributed by atoms with E-state index in [4.69, 9.17) is 0 Å². The summed E-state index contributed by atoms with van der Waals surface area (Å²) in [5.74, 6) is 0.729. The summed E-state index contributed by atoms with van der Waals surface area (Å²) < 4.78 is 13.7. The van der Waals surface area contributed by atoms with Crippen molar-refractivity contribution in [1.29, 1.82) is 0 Å². The van der Waals surface area contributed by atoms with E-state index in [-0.39, 0.29) is 5.82 Å². The lowest BCUT2D eigenvalue weighted by Crippen LogP contribution is -2.30. The van der Waals surface area contributed by atoms with Crippen molar-refractivity contribution in [2.45, 2.75) is 45.1 Å². The van der Waals surface area contributed by atoms with Crippen LogP contribution >= 0.6 is 15.9 Å². The van der Waals surface area contributed by atoms with E-state index in [2.05, 4.69) is 28.2 Å². The summed E-state index contributed by atoms with van der Waals surface area (Å²) in [6.07, 6.45) is 6.22. The summed E-state index contributed by atoms with van der Waals surface area (Å²) in [5, 5.41) is 3.58. The van der Waals surface area contributed by atoms with Crippen LogP contribution in [0.5, 0.6) is 0 Å². The second-order valence-electron chi connectivity index (χ2n) is 5.14. The third-order valence-electron chi connectivity index (χ3n) is 3.62. The fourth-order valence-electron chi connectivity index (χ4n) is 2.49. The van der Waals surface area contributed by atoms with E-state index in [1.165, 1.54) is 31.2 Å². The van der Waals surface area contributed by atoms with Gasteiger partial charge in [-0.05, 0) is 78.2 Å². The first-order valence-electron chi connectivity index (χ1n) is 6.88. The summed E-state index contributed by atoms with van der Waals surface area (Å²) in [6.45, 7) is 3.23. The van der Waals surface area contributed by atoms with Gasteiger partial charge in [0, 0.05) is 6.04 Å². The Morgan fingerprint density at radius 3 is 2.83 bits per heavy atom. The summed E-state index contributed by atoms with van der Waals surface area (Å²) in [4.78, 5) is 0. The molecule has 0 spiro atoms. The molecule has 0 heterocycles. The minimum absolute atomic E-state index is 0.178. The normalized spacial score (nSPS) is 16.8. The standard InChI is InChI=1S/C15H21BrFN/c1-2-18-15(12-7-8-12)5-3-4-11-6-9-14(17)13(16)10-11/h6,9-10,12,15,18H,2-5,7-8H2,1H3. The highest BCUT2D eigenvalue weighted by atomic mass is 79.9. The summed E-state index contributed by atoms with van der Waals surface area (Å²) in [5.41, 5.74) is 1.22. The molecule has 0 aliphatic heterocycles. The number of benzene rings is 1. The van der Waals surface area contributed by atoms with Crippen LogP contribution in [0.25, 0.3) is 0 Å². The summed E-state index contributed by atoms with van der Waals surface area (Å²) in [6, 6.07) is 6.02. The van der Waals surface area contributed by atoms with Crippen molar-refractivity contribution < 1.29 is 4.39 Å². The topological polar surface area (TPSA) is 12.0 Å². The fourth-order valence-corrected chi connectivity index (χ4v) is 2.91. The monoisotopic (exact) mass is 313 g/mol. The van der Waals surface area contributed by atoms with E-state index in [0.29, 0.717) is 10.5 Å². The molecule has 1 atom stereocenters. The van der Waals surface area contributed by atoms with Gasteiger partial charge in [0.15, 0.2) is 0 Å². The third kappa shape index (κ3) is 4.06. The lowest BCUT2D eigenvalue weighted by Gasteiger charge is -2.16. The van der Waals surface area contributed by atoms with Crippen molar-refractivity contribution in [3.63, 3.8) is 0 Å². The Kier molecular flexibility index (Phi) is 5.19. The predicted molar refractivity (Wildman–Crippen MR) is 77.2 cm³/mol. The van der Waals surface area contributed by atoms with Crippen molar-refractivity contribution in [3.05, 3.63) is 34.1 Å². The van der Waals surface area contributed by atoms with Gasteiger partial charge in [-0.25, -0.2) is 4.39 Å². The number of hydrogen-bond acceptors (Lipinski definition) is 1. The molecule has 0 aromatic heterocycles. The molecule has 0 amide bonds. The van der Waals surface area contributed by atoms with Crippen LogP contribution in [-0.2, 0) is 6.42 Å². The minimum Gasteiger partial charge on any atom is -0.314 e. The lowest BCUT2D eigenvalue weighted by molar-refractivity contribution is 0.434. The van der Waals surface area contributed by atoms with Crippen LogP contribution in [0.3, 0.4) is 0 Å². The maximum absolute atomic E-state index is 13.1. The molecule has 1 aliphatic rings. The zero-order valence-electron chi connectivity index (χ0n) is 10.9. The molecule has 1 unspecified atom stereocenters. The molecule has 18 heavy (non-hydrogen) atoms. The largest absolute Gasteiger partial charge is 0.314 e. The first-order valence-corrected chi connectivity index (χ1v) is 7.67. The van der Waals surface area contributed by atoms with Crippen molar-refractivity contribution in [3.8, 4) is 0 Å². The average molecular weight is 314 g/mol. The predicted octanol–water partition coefficient (Wildman–Crippen LogP) is 4.30. The van der Waals surface area contributed by atoms with Crippen molar-refractivity contribution in [2.24, 2.45) is 5.92 Å². The molecular formula is C15H21BrFN. The SMILES string of the molecule is CCNC(CCCc1ccc(F)c(Br)c1)C1CC1. The summed E-state index contributed by atoms with van der Waals surface area (Å²) >= 11 is 3.24. The summed E-state index contributed by atoms with van der Waals surface area (Å²) in [7, 11) is 0. The van der Waals surface area contributed by atoms with Gasteiger partial charge in [-0.3, -0.25) is 0 Å². The van der Waals surface area contributed by atoms with E-state index in [1.807, 2.05) is 12.1 Å². The maximum Gasteiger partial charge on any atom is 0.137 e. The number of rotatable bonds is 7. The highest BCUT2D eigenvalue weighted by Crippen LogP contribution is 2.34. The molecule has 1 aliphatic carbocycles. The Bertz CT molecular complexity index is 390. The molecule has 1 N–H and O–H groups in total. The number of halogens is 2. The maximum atomic E-state index is 13.1. The van der Waals surface area contributed by atoms with Gasteiger partial charge in [0.1, 0.15) is 5.82 Å².